The Kier molecular flexibility index (Phi) is 4.13. The highest BCUT2D eigenvalue weighted by Gasteiger charge is 2.30. The van der Waals surface area contributed by atoms with Gasteiger partial charge in [0.2, 0.25) is 0 Å². The van der Waals surface area contributed by atoms with E-state index in [9.17, 15) is 9.59 Å². The number of rotatable bonds is 3. The van der Waals surface area contributed by atoms with E-state index in [4.69, 9.17) is 4.74 Å². The number of carbonyl (C=O) groups excluding carboxylic acids is 2. The summed E-state index contributed by atoms with van der Waals surface area (Å²) in [6, 6.07) is 9.58. The van der Waals surface area contributed by atoms with Gasteiger partial charge in [-0.1, -0.05) is 37.3 Å². The normalized spacial score (nSPS) is 23.7. The molecule has 0 heterocycles. The minimum atomic E-state index is -0.245. The van der Waals surface area contributed by atoms with Crippen molar-refractivity contribution in [2.24, 2.45) is 11.8 Å². The summed E-state index contributed by atoms with van der Waals surface area (Å²) in [6.45, 7) is 2.30. The molecule has 3 nitrogen and oxygen atoms in total. The van der Waals surface area contributed by atoms with Crippen molar-refractivity contribution in [2.45, 2.75) is 32.8 Å². The van der Waals surface area contributed by atoms with Crippen molar-refractivity contribution in [3.63, 3.8) is 0 Å². The van der Waals surface area contributed by atoms with Crippen LogP contribution in [0.1, 0.15) is 31.7 Å². The summed E-state index contributed by atoms with van der Waals surface area (Å²) in [7, 11) is 0. The van der Waals surface area contributed by atoms with E-state index >= 15 is 0 Å². The summed E-state index contributed by atoms with van der Waals surface area (Å²) in [5.41, 5.74) is 0.973. The number of esters is 1. The van der Waals surface area contributed by atoms with Gasteiger partial charge in [-0.25, -0.2) is 0 Å². The summed E-state index contributed by atoms with van der Waals surface area (Å²) >= 11 is 0. The van der Waals surface area contributed by atoms with E-state index < -0.39 is 0 Å². The molecule has 0 saturated heterocycles. The van der Waals surface area contributed by atoms with Crippen LogP contribution in [-0.4, -0.2) is 11.8 Å². The summed E-state index contributed by atoms with van der Waals surface area (Å²) in [5, 5.41) is 0. The zero-order chi connectivity index (χ0) is 13.0. The predicted octanol–water partition coefficient (Wildman–Crippen LogP) is 2.74. The number of Topliss-reactive ketones (excluding diaryl/α,β-unsaturated/α-hetero) is 1. The first-order valence-corrected chi connectivity index (χ1v) is 6.37. The first kappa shape index (κ1) is 12.8. The molecule has 0 N–H and O–H groups in total. The van der Waals surface area contributed by atoms with Crippen LogP contribution in [0.15, 0.2) is 30.3 Å². The number of carbonyl (C=O) groups is 2. The van der Waals surface area contributed by atoms with Crippen LogP contribution in [0, 0.1) is 11.8 Å². The van der Waals surface area contributed by atoms with Gasteiger partial charge in [-0.05, 0) is 17.9 Å². The molecule has 1 aliphatic carbocycles. The molecule has 2 unspecified atom stereocenters. The molecule has 18 heavy (non-hydrogen) atoms. The van der Waals surface area contributed by atoms with Gasteiger partial charge in [0.1, 0.15) is 12.4 Å². The molecule has 1 aromatic carbocycles. The summed E-state index contributed by atoms with van der Waals surface area (Å²) in [6.07, 6.45) is 1.71. The molecule has 0 amide bonds. The Labute approximate surface area is 107 Å². The van der Waals surface area contributed by atoms with Crippen LogP contribution in [0.3, 0.4) is 0 Å². The van der Waals surface area contributed by atoms with E-state index in [1.165, 1.54) is 0 Å². The number of hydrogen-bond donors (Lipinski definition) is 0. The van der Waals surface area contributed by atoms with Gasteiger partial charge in [-0.2, -0.15) is 0 Å². The average Bonchev–Trinajstić information content (AvgIpc) is 2.36. The number of benzene rings is 1. The Morgan fingerprint density at radius 1 is 1.28 bits per heavy atom. The van der Waals surface area contributed by atoms with Crippen molar-refractivity contribution < 1.29 is 14.3 Å². The maximum absolute atomic E-state index is 11.9. The standard InChI is InChI=1S/C15H18O3/c1-11-7-13(9-14(16)8-11)15(17)18-10-12-5-3-2-4-6-12/h2-6,11,13H,7-10H2,1H3. The maximum atomic E-state index is 11.9. The van der Waals surface area contributed by atoms with Crippen LogP contribution in [0.25, 0.3) is 0 Å². The predicted molar refractivity (Wildman–Crippen MR) is 67.8 cm³/mol. The van der Waals surface area contributed by atoms with Gasteiger partial charge in [-0.3, -0.25) is 9.59 Å². The van der Waals surface area contributed by atoms with Crippen molar-refractivity contribution in [1.82, 2.24) is 0 Å². The molecule has 0 aliphatic heterocycles. The van der Waals surface area contributed by atoms with E-state index in [2.05, 4.69) is 0 Å². The van der Waals surface area contributed by atoms with Crippen molar-refractivity contribution in [3.05, 3.63) is 35.9 Å². The topological polar surface area (TPSA) is 43.4 Å². The Bertz CT molecular complexity index is 425. The largest absolute Gasteiger partial charge is 0.461 e. The molecular formula is C15H18O3. The molecule has 2 rings (SSSR count). The van der Waals surface area contributed by atoms with Crippen molar-refractivity contribution in [2.75, 3.05) is 0 Å². The van der Waals surface area contributed by atoms with Gasteiger partial charge in [0.25, 0.3) is 0 Å². The van der Waals surface area contributed by atoms with Crippen LogP contribution >= 0.6 is 0 Å². The molecule has 1 aromatic rings. The summed E-state index contributed by atoms with van der Waals surface area (Å²) < 4.78 is 5.27. The summed E-state index contributed by atoms with van der Waals surface area (Å²) in [5.74, 6) is -0.0142. The van der Waals surface area contributed by atoms with Crippen molar-refractivity contribution in [1.29, 1.82) is 0 Å². The van der Waals surface area contributed by atoms with Crippen LogP contribution in [0.4, 0.5) is 0 Å². The second-order valence-electron chi connectivity index (χ2n) is 5.08. The van der Waals surface area contributed by atoms with Crippen LogP contribution < -0.4 is 0 Å². The SMILES string of the molecule is CC1CC(=O)CC(C(=O)OCc2ccccc2)C1. The zero-order valence-electron chi connectivity index (χ0n) is 10.6. The average molecular weight is 246 g/mol. The second kappa shape index (κ2) is 5.80. The van der Waals surface area contributed by atoms with E-state index in [0.29, 0.717) is 25.4 Å². The minimum Gasteiger partial charge on any atom is -0.461 e. The quantitative estimate of drug-likeness (QED) is 0.770. The van der Waals surface area contributed by atoms with Gasteiger partial charge >= 0.3 is 5.97 Å². The number of ether oxygens (including phenoxy) is 1. The van der Waals surface area contributed by atoms with Gasteiger partial charge < -0.3 is 4.74 Å². The second-order valence-corrected chi connectivity index (χ2v) is 5.08. The highest BCUT2D eigenvalue weighted by atomic mass is 16.5. The lowest BCUT2D eigenvalue weighted by Crippen LogP contribution is -2.28. The maximum Gasteiger partial charge on any atom is 0.309 e. The highest BCUT2D eigenvalue weighted by Crippen LogP contribution is 2.27. The molecule has 2 atom stereocenters. The van der Waals surface area contributed by atoms with Crippen molar-refractivity contribution in [3.8, 4) is 0 Å². The molecule has 0 radical (unpaired) electrons. The third kappa shape index (κ3) is 3.42. The molecule has 0 bridgehead atoms. The Morgan fingerprint density at radius 2 is 2.00 bits per heavy atom. The first-order chi connectivity index (χ1) is 8.65. The molecule has 0 spiro atoms. The van der Waals surface area contributed by atoms with E-state index in [1.54, 1.807) is 0 Å². The summed E-state index contributed by atoms with van der Waals surface area (Å²) in [4.78, 5) is 23.3. The van der Waals surface area contributed by atoms with Crippen LogP contribution in [0.5, 0.6) is 0 Å². The zero-order valence-corrected chi connectivity index (χ0v) is 10.6. The number of ketones is 1. The Hall–Kier alpha value is -1.64. The molecule has 3 heteroatoms. The molecule has 0 aromatic heterocycles. The Balaban J connectivity index is 1.86. The lowest BCUT2D eigenvalue weighted by molar-refractivity contribution is -0.153. The lowest BCUT2D eigenvalue weighted by Gasteiger charge is -2.24. The van der Waals surface area contributed by atoms with E-state index in [1.807, 2.05) is 37.3 Å². The fourth-order valence-corrected chi connectivity index (χ4v) is 2.43. The fraction of sp³-hybridized carbons (Fsp3) is 0.467. The lowest BCUT2D eigenvalue weighted by atomic mass is 9.82. The molecule has 1 fully saturated rings. The molecular weight excluding hydrogens is 228 g/mol. The van der Waals surface area contributed by atoms with E-state index in [-0.39, 0.29) is 17.7 Å². The van der Waals surface area contributed by atoms with Gasteiger partial charge in [0.15, 0.2) is 0 Å². The first-order valence-electron chi connectivity index (χ1n) is 6.37. The van der Waals surface area contributed by atoms with Crippen LogP contribution in [0.2, 0.25) is 0 Å². The van der Waals surface area contributed by atoms with Crippen LogP contribution in [-0.2, 0) is 20.9 Å². The number of hydrogen-bond acceptors (Lipinski definition) is 3. The smallest absolute Gasteiger partial charge is 0.309 e. The molecule has 96 valence electrons. The third-order valence-corrected chi connectivity index (χ3v) is 3.29. The van der Waals surface area contributed by atoms with Crippen molar-refractivity contribution >= 4 is 11.8 Å². The Morgan fingerprint density at radius 3 is 2.67 bits per heavy atom. The third-order valence-electron chi connectivity index (χ3n) is 3.29. The van der Waals surface area contributed by atoms with E-state index in [0.717, 1.165) is 12.0 Å². The monoisotopic (exact) mass is 246 g/mol. The van der Waals surface area contributed by atoms with Gasteiger partial charge in [0.05, 0.1) is 5.92 Å². The van der Waals surface area contributed by atoms with Gasteiger partial charge in [-0.15, -0.1) is 0 Å². The van der Waals surface area contributed by atoms with Gasteiger partial charge in [0, 0.05) is 12.8 Å². The highest BCUT2D eigenvalue weighted by molar-refractivity contribution is 5.85. The fourth-order valence-electron chi connectivity index (χ4n) is 2.43. The minimum absolute atomic E-state index is 0.176. The molecule has 1 saturated carbocycles. The molecule has 1 aliphatic rings.